The minimum atomic E-state index is -3.81. The summed E-state index contributed by atoms with van der Waals surface area (Å²) in [6.45, 7) is 2.88. The maximum atomic E-state index is 13.2. The lowest BCUT2D eigenvalue weighted by molar-refractivity contribution is -0.120. The molecule has 10 heteroatoms. The molecule has 0 spiro atoms. The minimum Gasteiger partial charge on any atom is -0.378 e. The molecule has 2 saturated heterocycles. The highest BCUT2D eigenvalue weighted by Crippen LogP contribution is 2.35. The Kier molecular flexibility index (Phi) is 6.99. The van der Waals surface area contributed by atoms with E-state index in [0.717, 1.165) is 17.8 Å². The van der Waals surface area contributed by atoms with E-state index in [2.05, 4.69) is 10.2 Å². The van der Waals surface area contributed by atoms with Crippen molar-refractivity contribution in [2.45, 2.75) is 17.7 Å². The Morgan fingerprint density at radius 3 is 2.53 bits per heavy atom. The molecule has 1 N–H and O–H groups in total. The summed E-state index contributed by atoms with van der Waals surface area (Å²) in [5.41, 5.74) is 1.35. The summed E-state index contributed by atoms with van der Waals surface area (Å²) in [7, 11) is -3.81. The van der Waals surface area contributed by atoms with Crippen LogP contribution in [0.1, 0.15) is 12.8 Å². The number of hydrogen-bond acceptors (Lipinski definition) is 5. The van der Waals surface area contributed by atoms with Gasteiger partial charge < -0.3 is 15.0 Å². The number of piperidine rings is 1. The molecule has 0 bridgehead atoms. The van der Waals surface area contributed by atoms with E-state index in [1.165, 1.54) is 16.4 Å². The Bertz CT molecular complexity index is 1080. The molecule has 2 aromatic rings. The predicted molar refractivity (Wildman–Crippen MR) is 121 cm³/mol. The van der Waals surface area contributed by atoms with E-state index in [1.807, 2.05) is 0 Å². The van der Waals surface area contributed by atoms with Crippen LogP contribution in [0.2, 0.25) is 5.02 Å². The molecule has 2 aromatic carbocycles. The van der Waals surface area contributed by atoms with Crippen LogP contribution in [-0.2, 0) is 19.6 Å². The topological polar surface area (TPSA) is 79.0 Å². The number of carbonyl (C=O) groups excluding carboxylic acids is 1. The summed E-state index contributed by atoms with van der Waals surface area (Å²) < 4.78 is 45.8. The maximum Gasteiger partial charge on any atom is 0.243 e. The van der Waals surface area contributed by atoms with Crippen molar-refractivity contribution in [2.75, 3.05) is 49.6 Å². The van der Waals surface area contributed by atoms with Crippen LogP contribution < -0.4 is 10.2 Å². The zero-order chi connectivity index (χ0) is 22.7. The van der Waals surface area contributed by atoms with Gasteiger partial charge in [-0.15, -0.1) is 0 Å². The van der Waals surface area contributed by atoms with Crippen LogP contribution in [0.15, 0.2) is 47.4 Å². The first-order valence-corrected chi connectivity index (χ1v) is 12.4. The third-order valence-corrected chi connectivity index (χ3v) is 7.96. The predicted octanol–water partition coefficient (Wildman–Crippen LogP) is 3.36. The fourth-order valence-electron chi connectivity index (χ4n) is 4.09. The number of rotatable bonds is 5. The average molecular weight is 482 g/mol. The third kappa shape index (κ3) is 4.91. The van der Waals surface area contributed by atoms with Crippen molar-refractivity contribution in [3.8, 4) is 0 Å². The van der Waals surface area contributed by atoms with E-state index in [-0.39, 0.29) is 17.3 Å². The van der Waals surface area contributed by atoms with Gasteiger partial charge in [0.2, 0.25) is 15.9 Å². The molecule has 2 heterocycles. The van der Waals surface area contributed by atoms with Crippen molar-refractivity contribution in [1.29, 1.82) is 0 Å². The fraction of sp³-hybridized carbons (Fsp3) is 0.409. The number of amides is 1. The Morgan fingerprint density at radius 1 is 1.09 bits per heavy atom. The van der Waals surface area contributed by atoms with Crippen molar-refractivity contribution >= 4 is 38.9 Å². The molecular weight excluding hydrogens is 457 g/mol. The molecule has 0 unspecified atom stereocenters. The quantitative estimate of drug-likeness (QED) is 0.708. The van der Waals surface area contributed by atoms with Crippen LogP contribution in [0.25, 0.3) is 0 Å². The second-order valence-corrected chi connectivity index (χ2v) is 10.2. The number of nitrogens with one attached hydrogen (secondary N) is 1. The Balaban J connectivity index is 1.50. The van der Waals surface area contributed by atoms with Crippen molar-refractivity contribution < 1.29 is 22.3 Å². The highest BCUT2D eigenvalue weighted by atomic mass is 35.5. The number of morpholine rings is 1. The van der Waals surface area contributed by atoms with Crippen LogP contribution in [0.5, 0.6) is 0 Å². The first-order chi connectivity index (χ1) is 15.4. The van der Waals surface area contributed by atoms with Gasteiger partial charge in [0.1, 0.15) is 5.82 Å². The van der Waals surface area contributed by atoms with Crippen LogP contribution in [-0.4, -0.2) is 58.0 Å². The summed E-state index contributed by atoms with van der Waals surface area (Å²) in [4.78, 5) is 15.2. The molecule has 2 aliphatic heterocycles. The first kappa shape index (κ1) is 23.0. The molecule has 2 fully saturated rings. The van der Waals surface area contributed by atoms with Gasteiger partial charge in [0.05, 0.1) is 40.4 Å². The number of hydrogen-bond donors (Lipinski definition) is 1. The summed E-state index contributed by atoms with van der Waals surface area (Å²) in [6.07, 6.45) is 1.14. The molecule has 0 radical (unpaired) electrons. The number of halogens is 2. The molecule has 7 nitrogen and oxygen atoms in total. The standard InChI is InChI=1S/C22H25ClFN3O4S/c23-19-4-1-5-20(21(19)26-11-13-31-14-12-26)25-22(28)16-3-2-10-27(15-16)32(29,30)18-8-6-17(24)7-9-18/h1,4-9,16H,2-3,10-15H2,(H,25,28)/t16-/m0/s1. The SMILES string of the molecule is O=C(Nc1cccc(Cl)c1N1CCOCC1)[C@H]1CCCN(S(=O)(=O)c2ccc(F)cc2)C1. The van der Waals surface area contributed by atoms with E-state index >= 15 is 0 Å². The number of sulfonamides is 1. The van der Waals surface area contributed by atoms with E-state index < -0.39 is 21.8 Å². The summed E-state index contributed by atoms with van der Waals surface area (Å²) in [5.74, 6) is -1.26. The summed E-state index contributed by atoms with van der Waals surface area (Å²) >= 11 is 6.45. The van der Waals surface area contributed by atoms with Gasteiger partial charge >= 0.3 is 0 Å². The average Bonchev–Trinajstić information content (AvgIpc) is 2.80. The Labute approximate surface area is 192 Å². The number of benzene rings is 2. The lowest BCUT2D eigenvalue weighted by Gasteiger charge is -2.33. The van der Waals surface area contributed by atoms with Crippen molar-refractivity contribution in [3.63, 3.8) is 0 Å². The number of ether oxygens (including phenoxy) is 1. The van der Waals surface area contributed by atoms with Gasteiger partial charge in [0, 0.05) is 26.2 Å². The molecule has 172 valence electrons. The van der Waals surface area contributed by atoms with Gasteiger partial charge in [-0.25, -0.2) is 12.8 Å². The van der Waals surface area contributed by atoms with Gasteiger partial charge in [-0.1, -0.05) is 17.7 Å². The normalized spacial score (nSPS) is 20.2. The number of anilines is 2. The maximum absolute atomic E-state index is 13.2. The van der Waals surface area contributed by atoms with Crippen molar-refractivity contribution in [1.82, 2.24) is 4.31 Å². The second-order valence-electron chi connectivity index (χ2n) is 7.88. The van der Waals surface area contributed by atoms with E-state index in [1.54, 1.807) is 18.2 Å². The second kappa shape index (κ2) is 9.74. The van der Waals surface area contributed by atoms with E-state index in [9.17, 15) is 17.6 Å². The smallest absolute Gasteiger partial charge is 0.243 e. The third-order valence-electron chi connectivity index (χ3n) is 5.78. The zero-order valence-corrected chi connectivity index (χ0v) is 19.0. The zero-order valence-electron chi connectivity index (χ0n) is 17.5. The Morgan fingerprint density at radius 2 is 1.81 bits per heavy atom. The van der Waals surface area contributed by atoms with Crippen molar-refractivity contribution in [3.05, 3.63) is 53.3 Å². The molecule has 0 saturated carbocycles. The highest BCUT2D eigenvalue weighted by molar-refractivity contribution is 7.89. The molecule has 0 aliphatic carbocycles. The number of carbonyl (C=O) groups is 1. The fourth-order valence-corrected chi connectivity index (χ4v) is 5.91. The Hall–Kier alpha value is -2.20. The molecule has 32 heavy (non-hydrogen) atoms. The van der Waals surface area contributed by atoms with Gasteiger partial charge in [-0.2, -0.15) is 4.31 Å². The van der Waals surface area contributed by atoms with E-state index in [0.29, 0.717) is 56.4 Å². The summed E-state index contributed by atoms with van der Waals surface area (Å²) in [6, 6.07) is 10.1. The lowest BCUT2D eigenvalue weighted by atomic mass is 9.98. The van der Waals surface area contributed by atoms with Crippen LogP contribution in [0, 0.1) is 11.7 Å². The van der Waals surface area contributed by atoms with Gasteiger partial charge in [-0.05, 0) is 49.2 Å². The van der Waals surface area contributed by atoms with Crippen LogP contribution in [0.3, 0.4) is 0 Å². The van der Waals surface area contributed by atoms with Gasteiger partial charge in [-0.3, -0.25) is 4.79 Å². The molecule has 4 rings (SSSR count). The minimum absolute atomic E-state index is 0.0180. The molecule has 1 atom stereocenters. The number of nitrogens with zero attached hydrogens (tertiary/aromatic N) is 2. The lowest BCUT2D eigenvalue weighted by Crippen LogP contribution is -2.44. The van der Waals surface area contributed by atoms with Crippen LogP contribution in [0.4, 0.5) is 15.8 Å². The highest BCUT2D eigenvalue weighted by Gasteiger charge is 2.34. The first-order valence-electron chi connectivity index (χ1n) is 10.5. The largest absolute Gasteiger partial charge is 0.378 e. The number of para-hydroxylation sites is 1. The molecule has 2 aliphatic rings. The monoisotopic (exact) mass is 481 g/mol. The van der Waals surface area contributed by atoms with E-state index in [4.69, 9.17) is 16.3 Å². The van der Waals surface area contributed by atoms with Gasteiger partial charge in [0.15, 0.2) is 0 Å². The van der Waals surface area contributed by atoms with Gasteiger partial charge in [0.25, 0.3) is 0 Å². The molecule has 0 aromatic heterocycles. The summed E-state index contributed by atoms with van der Waals surface area (Å²) in [5, 5.41) is 3.50. The van der Waals surface area contributed by atoms with Crippen LogP contribution >= 0.6 is 11.6 Å². The molecular formula is C22H25ClFN3O4S. The molecule has 1 amide bonds. The van der Waals surface area contributed by atoms with Crippen molar-refractivity contribution in [2.24, 2.45) is 5.92 Å².